The van der Waals surface area contributed by atoms with Gasteiger partial charge in [-0.15, -0.1) is 0 Å². The van der Waals surface area contributed by atoms with Crippen LogP contribution in [-0.4, -0.2) is 18.5 Å². The number of imide groups is 1. The number of nitriles is 1. The molecule has 0 unspecified atom stereocenters. The molecule has 0 aliphatic rings. The molecule has 7 nitrogen and oxygen atoms in total. The maximum atomic E-state index is 11.9. The van der Waals surface area contributed by atoms with E-state index in [1.54, 1.807) is 43.3 Å². The van der Waals surface area contributed by atoms with E-state index in [9.17, 15) is 14.9 Å². The number of carbonyl (C=O) groups excluding carboxylic acids is 2. The van der Waals surface area contributed by atoms with E-state index < -0.39 is 11.9 Å². The van der Waals surface area contributed by atoms with E-state index in [0.717, 1.165) is 5.56 Å². The summed E-state index contributed by atoms with van der Waals surface area (Å²) in [5, 5.41) is 12.1. The number of nitrogens with one attached hydrogen (secondary N) is 1. The molecule has 0 aromatic heterocycles. The highest BCUT2D eigenvalue weighted by molar-refractivity contribution is 9.10. The van der Waals surface area contributed by atoms with Crippen molar-refractivity contribution >= 4 is 57.1 Å². The van der Waals surface area contributed by atoms with Gasteiger partial charge in [0.2, 0.25) is 0 Å². The van der Waals surface area contributed by atoms with Crippen molar-refractivity contribution in [1.82, 2.24) is 5.32 Å². The van der Waals surface area contributed by atoms with Crippen molar-refractivity contribution in [1.29, 1.82) is 5.26 Å². The van der Waals surface area contributed by atoms with Crippen LogP contribution in [0, 0.1) is 11.3 Å². The Morgan fingerprint density at radius 1 is 1.23 bits per heavy atom. The predicted octanol–water partition coefficient (Wildman–Crippen LogP) is 4.84. The normalized spacial score (nSPS) is 10.8. The van der Waals surface area contributed by atoms with Gasteiger partial charge in [0.1, 0.15) is 18.2 Å². The van der Waals surface area contributed by atoms with Gasteiger partial charge in [0.25, 0.3) is 5.91 Å². The van der Waals surface area contributed by atoms with Crippen LogP contribution in [0.15, 0.2) is 40.4 Å². The second-order valence-electron chi connectivity index (χ2n) is 5.77. The minimum absolute atomic E-state index is 0.169. The Hall–Kier alpha value is -2.73. The van der Waals surface area contributed by atoms with Crippen LogP contribution < -0.4 is 20.5 Å². The van der Waals surface area contributed by atoms with Gasteiger partial charge in [-0.1, -0.05) is 45.2 Å². The van der Waals surface area contributed by atoms with Crippen molar-refractivity contribution in [2.75, 3.05) is 6.61 Å². The van der Waals surface area contributed by atoms with Crippen LogP contribution in [0.25, 0.3) is 6.08 Å². The van der Waals surface area contributed by atoms with Gasteiger partial charge in [-0.2, -0.15) is 5.26 Å². The summed E-state index contributed by atoms with van der Waals surface area (Å²) in [6.45, 7) is 2.33. The number of hydrogen-bond donors (Lipinski definition) is 2. The number of nitrogens with zero attached hydrogens (tertiary/aromatic N) is 1. The summed E-state index contributed by atoms with van der Waals surface area (Å²) in [7, 11) is 0. The lowest BCUT2D eigenvalue weighted by Crippen LogP contribution is -2.35. The van der Waals surface area contributed by atoms with Crippen LogP contribution in [0.2, 0.25) is 10.0 Å². The molecule has 156 valence electrons. The van der Waals surface area contributed by atoms with Gasteiger partial charge in [0, 0.05) is 20.1 Å². The fraction of sp³-hybridized carbons (Fsp3) is 0.150. The standard InChI is InChI=1S/C20H16BrCl2N3O4/c1-2-29-17-6-12(5-13(9-24)19(27)26-20(25)28)15(21)8-18(17)30-10-11-3-4-14(22)7-16(11)23/h3-8H,2,10H2,1H3,(H3,25,26,27,28)/b13-5-. The topological polar surface area (TPSA) is 114 Å². The van der Waals surface area contributed by atoms with Crippen molar-refractivity contribution < 1.29 is 19.1 Å². The zero-order chi connectivity index (χ0) is 22.3. The highest BCUT2D eigenvalue weighted by Gasteiger charge is 2.15. The summed E-state index contributed by atoms with van der Waals surface area (Å²) < 4.78 is 12.0. The Balaban J connectivity index is 2.34. The van der Waals surface area contributed by atoms with Gasteiger partial charge in [-0.3, -0.25) is 10.1 Å². The van der Waals surface area contributed by atoms with Crippen LogP contribution in [0.1, 0.15) is 18.1 Å². The molecule has 0 heterocycles. The van der Waals surface area contributed by atoms with Crippen LogP contribution >= 0.6 is 39.1 Å². The first-order chi connectivity index (χ1) is 14.2. The van der Waals surface area contributed by atoms with E-state index >= 15 is 0 Å². The Labute approximate surface area is 191 Å². The van der Waals surface area contributed by atoms with E-state index in [4.69, 9.17) is 38.4 Å². The average molecular weight is 513 g/mol. The fourth-order valence-electron chi connectivity index (χ4n) is 2.32. The molecule has 10 heteroatoms. The van der Waals surface area contributed by atoms with Crippen molar-refractivity contribution in [3.05, 3.63) is 61.5 Å². The molecular formula is C20H16BrCl2N3O4. The third-order valence-electron chi connectivity index (χ3n) is 3.66. The van der Waals surface area contributed by atoms with Crippen molar-refractivity contribution in [2.45, 2.75) is 13.5 Å². The molecule has 30 heavy (non-hydrogen) atoms. The fourth-order valence-corrected chi connectivity index (χ4v) is 3.22. The highest BCUT2D eigenvalue weighted by atomic mass is 79.9. The number of primary amides is 1. The van der Waals surface area contributed by atoms with Crippen LogP contribution in [0.3, 0.4) is 0 Å². The molecule has 2 aromatic rings. The van der Waals surface area contributed by atoms with Crippen LogP contribution in [-0.2, 0) is 11.4 Å². The van der Waals surface area contributed by atoms with Gasteiger partial charge in [-0.25, -0.2) is 4.79 Å². The smallest absolute Gasteiger partial charge is 0.319 e. The second kappa shape index (κ2) is 10.9. The minimum Gasteiger partial charge on any atom is -0.490 e. The maximum absolute atomic E-state index is 11.9. The second-order valence-corrected chi connectivity index (χ2v) is 7.46. The van der Waals surface area contributed by atoms with E-state index in [1.165, 1.54) is 6.08 Å². The van der Waals surface area contributed by atoms with Crippen LogP contribution in [0.4, 0.5) is 4.79 Å². The first-order valence-electron chi connectivity index (χ1n) is 8.50. The van der Waals surface area contributed by atoms with Gasteiger partial charge in [-0.05, 0) is 42.8 Å². The zero-order valence-corrected chi connectivity index (χ0v) is 18.8. The molecular weight excluding hydrogens is 497 g/mol. The number of halogens is 3. The Kier molecular flexibility index (Phi) is 8.54. The van der Waals surface area contributed by atoms with Crippen LogP contribution in [0.5, 0.6) is 11.5 Å². The Morgan fingerprint density at radius 3 is 2.53 bits per heavy atom. The molecule has 0 spiro atoms. The lowest BCUT2D eigenvalue weighted by atomic mass is 10.1. The molecule has 2 aromatic carbocycles. The Bertz CT molecular complexity index is 1050. The number of amides is 3. The highest BCUT2D eigenvalue weighted by Crippen LogP contribution is 2.36. The number of rotatable bonds is 7. The van der Waals surface area contributed by atoms with E-state index in [2.05, 4.69) is 15.9 Å². The molecule has 0 aliphatic carbocycles. The predicted molar refractivity (Wildman–Crippen MR) is 117 cm³/mol. The molecule has 0 bridgehead atoms. The molecule has 0 fully saturated rings. The summed E-state index contributed by atoms with van der Waals surface area (Å²) >= 11 is 15.5. The lowest BCUT2D eigenvalue weighted by Gasteiger charge is -2.15. The summed E-state index contributed by atoms with van der Waals surface area (Å²) in [5.74, 6) is -0.0933. The minimum atomic E-state index is -1.06. The first-order valence-corrected chi connectivity index (χ1v) is 10.1. The number of carbonyl (C=O) groups is 2. The van der Waals surface area contributed by atoms with Gasteiger partial charge < -0.3 is 15.2 Å². The zero-order valence-electron chi connectivity index (χ0n) is 15.7. The molecule has 0 aliphatic heterocycles. The molecule has 0 radical (unpaired) electrons. The van der Waals surface area contributed by atoms with E-state index in [-0.39, 0.29) is 12.2 Å². The summed E-state index contributed by atoms with van der Waals surface area (Å²) in [6, 6.07) is 9.00. The number of urea groups is 1. The Morgan fingerprint density at radius 2 is 1.93 bits per heavy atom. The quantitative estimate of drug-likeness (QED) is 0.407. The molecule has 0 atom stereocenters. The molecule has 3 N–H and O–H groups in total. The van der Waals surface area contributed by atoms with Gasteiger partial charge in [0.05, 0.1) is 6.61 Å². The number of nitrogens with two attached hydrogens (primary N) is 1. The van der Waals surface area contributed by atoms with E-state index in [0.29, 0.717) is 38.2 Å². The third-order valence-corrected chi connectivity index (χ3v) is 4.94. The van der Waals surface area contributed by atoms with Gasteiger partial charge >= 0.3 is 6.03 Å². The lowest BCUT2D eigenvalue weighted by molar-refractivity contribution is -0.115. The maximum Gasteiger partial charge on any atom is 0.319 e. The number of ether oxygens (including phenoxy) is 2. The monoisotopic (exact) mass is 511 g/mol. The van der Waals surface area contributed by atoms with Crippen molar-refractivity contribution in [2.24, 2.45) is 5.73 Å². The van der Waals surface area contributed by atoms with E-state index in [1.807, 2.05) is 5.32 Å². The summed E-state index contributed by atoms with van der Waals surface area (Å²) in [6.07, 6.45) is 1.30. The van der Waals surface area contributed by atoms with Crippen molar-refractivity contribution in [3.8, 4) is 17.6 Å². The average Bonchev–Trinajstić information content (AvgIpc) is 2.67. The van der Waals surface area contributed by atoms with Crippen molar-refractivity contribution in [3.63, 3.8) is 0 Å². The summed E-state index contributed by atoms with van der Waals surface area (Å²) in [4.78, 5) is 22.8. The number of hydrogen-bond acceptors (Lipinski definition) is 5. The number of benzene rings is 2. The molecule has 0 saturated heterocycles. The SMILES string of the molecule is CCOc1cc(/C=C(/C#N)C(=O)NC(N)=O)c(Br)cc1OCc1ccc(Cl)cc1Cl. The van der Waals surface area contributed by atoms with Gasteiger partial charge in [0.15, 0.2) is 11.5 Å². The molecule has 0 saturated carbocycles. The third kappa shape index (κ3) is 6.39. The molecule has 3 amide bonds. The summed E-state index contributed by atoms with van der Waals surface area (Å²) in [5.41, 5.74) is 5.81. The largest absolute Gasteiger partial charge is 0.490 e. The first kappa shape index (κ1) is 23.5. The molecule has 2 rings (SSSR count).